The summed E-state index contributed by atoms with van der Waals surface area (Å²) in [5, 5.41) is 7.84. The molecule has 20 heavy (non-hydrogen) atoms. The number of aromatic nitrogens is 2. The summed E-state index contributed by atoms with van der Waals surface area (Å²) >= 11 is 0. The molecule has 106 valence electrons. The number of carbonyl (C=O) groups excluding carboxylic acids is 2. The second-order valence-electron chi connectivity index (χ2n) is 5.90. The summed E-state index contributed by atoms with van der Waals surface area (Å²) in [6.07, 6.45) is 0.293. The number of benzene rings is 1. The molecular formula is C15H18N2O3. The molecule has 0 aliphatic carbocycles. The maximum absolute atomic E-state index is 11.8. The standard InChI is InChI=1S/C15H18N2O3/c1-9(18)7-12-11-6-5-10(8-13(11)17-16-12)20-14(19)15(2,3)4/h5-6,8H,7H2,1-4H3,(H,16,17). The number of nitrogens with one attached hydrogen (secondary N) is 1. The highest BCUT2D eigenvalue weighted by Crippen LogP contribution is 2.24. The molecule has 5 heteroatoms. The zero-order valence-electron chi connectivity index (χ0n) is 12.1. The van der Waals surface area contributed by atoms with Gasteiger partial charge in [-0.15, -0.1) is 0 Å². The van der Waals surface area contributed by atoms with E-state index in [0.717, 1.165) is 10.9 Å². The van der Waals surface area contributed by atoms with Crippen molar-refractivity contribution in [3.63, 3.8) is 0 Å². The van der Waals surface area contributed by atoms with Gasteiger partial charge in [0.25, 0.3) is 0 Å². The molecule has 0 saturated heterocycles. The van der Waals surface area contributed by atoms with Gasteiger partial charge in [-0.1, -0.05) is 0 Å². The summed E-state index contributed by atoms with van der Waals surface area (Å²) in [6, 6.07) is 5.24. The summed E-state index contributed by atoms with van der Waals surface area (Å²) in [4.78, 5) is 23.0. The van der Waals surface area contributed by atoms with E-state index in [0.29, 0.717) is 17.9 Å². The first-order valence-corrected chi connectivity index (χ1v) is 6.46. The predicted octanol–water partition coefficient (Wildman–Crippen LogP) is 2.65. The van der Waals surface area contributed by atoms with E-state index in [1.54, 1.807) is 32.9 Å². The van der Waals surface area contributed by atoms with Gasteiger partial charge in [-0.3, -0.25) is 14.7 Å². The molecule has 0 amide bonds. The van der Waals surface area contributed by atoms with Crippen LogP contribution in [-0.2, 0) is 16.0 Å². The Morgan fingerprint density at radius 2 is 2.00 bits per heavy atom. The second kappa shape index (κ2) is 5.07. The van der Waals surface area contributed by atoms with E-state index in [-0.39, 0.29) is 11.8 Å². The zero-order chi connectivity index (χ0) is 14.9. The van der Waals surface area contributed by atoms with Crippen molar-refractivity contribution in [1.29, 1.82) is 0 Å². The van der Waals surface area contributed by atoms with Crippen LogP contribution in [0.15, 0.2) is 18.2 Å². The third-order valence-corrected chi connectivity index (χ3v) is 2.85. The fraction of sp³-hybridized carbons (Fsp3) is 0.400. The summed E-state index contributed by atoms with van der Waals surface area (Å²) in [5.74, 6) is 0.234. The van der Waals surface area contributed by atoms with Crippen LogP contribution in [0.5, 0.6) is 5.75 Å². The number of carbonyl (C=O) groups is 2. The lowest BCUT2D eigenvalue weighted by Crippen LogP contribution is -2.25. The van der Waals surface area contributed by atoms with Crippen molar-refractivity contribution in [3.8, 4) is 5.75 Å². The number of hydrogen-bond donors (Lipinski definition) is 1. The molecule has 0 radical (unpaired) electrons. The van der Waals surface area contributed by atoms with Gasteiger partial charge in [-0.2, -0.15) is 5.10 Å². The fourth-order valence-electron chi connectivity index (χ4n) is 1.75. The fourth-order valence-corrected chi connectivity index (χ4v) is 1.75. The molecule has 1 heterocycles. The minimum atomic E-state index is -0.553. The van der Waals surface area contributed by atoms with E-state index in [1.807, 2.05) is 6.07 Å². The molecule has 1 aromatic carbocycles. The van der Waals surface area contributed by atoms with Gasteiger partial charge >= 0.3 is 5.97 Å². The van der Waals surface area contributed by atoms with Crippen LogP contribution in [0.4, 0.5) is 0 Å². The topological polar surface area (TPSA) is 72.1 Å². The van der Waals surface area contributed by atoms with E-state index in [1.165, 1.54) is 6.92 Å². The first-order valence-electron chi connectivity index (χ1n) is 6.46. The average molecular weight is 274 g/mol. The van der Waals surface area contributed by atoms with E-state index < -0.39 is 5.41 Å². The minimum absolute atomic E-state index is 0.0571. The van der Waals surface area contributed by atoms with E-state index in [2.05, 4.69) is 10.2 Å². The van der Waals surface area contributed by atoms with Gasteiger partial charge in [0.1, 0.15) is 11.5 Å². The second-order valence-corrected chi connectivity index (χ2v) is 5.90. The lowest BCUT2D eigenvalue weighted by atomic mass is 9.97. The Labute approximate surface area is 117 Å². The highest BCUT2D eigenvalue weighted by Gasteiger charge is 2.23. The molecular weight excluding hydrogens is 256 g/mol. The van der Waals surface area contributed by atoms with Crippen molar-refractivity contribution in [2.75, 3.05) is 0 Å². The van der Waals surface area contributed by atoms with Crippen molar-refractivity contribution in [2.45, 2.75) is 34.1 Å². The van der Waals surface area contributed by atoms with Crippen molar-refractivity contribution in [3.05, 3.63) is 23.9 Å². The lowest BCUT2D eigenvalue weighted by Gasteiger charge is -2.16. The molecule has 1 aromatic heterocycles. The molecule has 0 unspecified atom stereocenters. The Kier molecular flexibility index (Phi) is 3.61. The maximum Gasteiger partial charge on any atom is 0.316 e. The molecule has 0 aliphatic heterocycles. The Morgan fingerprint density at radius 3 is 2.60 bits per heavy atom. The number of rotatable bonds is 3. The van der Waals surface area contributed by atoms with Gasteiger partial charge in [0, 0.05) is 11.5 Å². The van der Waals surface area contributed by atoms with Crippen molar-refractivity contribution in [1.82, 2.24) is 10.2 Å². The number of ether oxygens (including phenoxy) is 1. The molecule has 0 bridgehead atoms. The van der Waals surface area contributed by atoms with E-state index in [9.17, 15) is 9.59 Å². The smallest absolute Gasteiger partial charge is 0.316 e. The molecule has 0 atom stereocenters. The molecule has 0 spiro atoms. The summed E-state index contributed by atoms with van der Waals surface area (Å²) < 4.78 is 5.32. The molecule has 0 saturated carbocycles. The number of hydrogen-bond acceptors (Lipinski definition) is 4. The van der Waals surface area contributed by atoms with Crippen molar-refractivity contribution < 1.29 is 14.3 Å². The molecule has 2 aromatic rings. The number of esters is 1. The SMILES string of the molecule is CC(=O)Cc1n[nH]c2cc(OC(=O)C(C)(C)C)ccc12. The van der Waals surface area contributed by atoms with E-state index in [4.69, 9.17) is 4.74 Å². The van der Waals surface area contributed by atoms with Crippen LogP contribution < -0.4 is 4.74 Å². The van der Waals surface area contributed by atoms with Gasteiger partial charge in [-0.05, 0) is 39.8 Å². The summed E-state index contributed by atoms with van der Waals surface area (Å²) in [5.41, 5.74) is 0.907. The summed E-state index contributed by atoms with van der Waals surface area (Å²) in [6.45, 7) is 6.93. The number of nitrogens with zero attached hydrogens (tertiary/aromatic N) is 1. The van der Waals surface area contributed by atoms with Gasteiger partial charge in [-0.25, -0.2) is 0 Å². The van der Waals surface area contributed by atoms with Gasteiger partial charge in [0.15, 0.2) is 0 Å². The average Bonchev–Trinajstić information content (AvgIpc) is 2.70. The van der Waals surface area contributed by atoms with Crippen LogP contribution in [0.2, 0.25) is 0 Å². The Hall–Kier alpha value is -2.17. The highest BCUT2D eigenvalue weighted by atomic mass is 16.5. The minimum Gasteiger partial charge on any atom is -0.426 e. The van der Waals surface area contributed by atoms with Crippen LogP contribution in [0, 0.1) is 5.41 Å². The third kappa shape index (κ3) is 3.04. The normalized spacial score (nSPS) is 11.6. The number of ketones is 1. The van der Waals surface area contributed by atoms with Crippen LogP contribution >= 0.6 is 0 Å². The molecule has 0 fully saturated rings. The zero-order valence-corrected chi connectivity index (χ0v) is 12.1. The van der Waals surface area contributed by atoms with Crippen LogP contribution in [0.25, 0.3) is 10.9 Å². The molecule has 5 nitrogen and oxygen atoms in total. The Morgan fingerprint density at radius 1 is 1.30 bits per heavy atom. The number of fused-ring (bicyclic) bond motifs is 1. The molecule has 1 N–H and O–H groups in total. The van der Waals surface area contributed by atoms with Crippen LogP contribution in [-0.4, -0.2) is 21.9 Å². The van der Waals surface area contributed by atoms with Crippen LogP contribution in [0.3, 0.4) is 0 Å². The molecule has 0 aliphatic rings. The quantitative estimate of drug-likeness (QED) is 0.690. The highest BCUT2D eigenvalue weighted by molar-refractivity contribution is 5.88. The van der Waals surface area contributed by atoms with Crippen molar-refractivity contribution >= 4 is 22.7 Å². The van der Waals surface area contributed by atoms with Gasteiger partial charge in [0.2, 0.25) is 0 Å². The number of Topliss-reactive ketones (excluding diaryl/α,β-unsaturated/α-hetero) is 1. The summed E-state index contributed by atoms with van der Waals surface area (Å²) in [7, 11) is 0. The monoisotopic (exact) mass is 274 g/mol. The van der Waals surface area contributed by atoms with Crippen LogP contribution in [0.1, 0.15) is 33.4 Å². The Balaban J connectivity index is 2.27. The van der Waals surface area contributed by atoms with Crippen molar-refractivity contribution in [2.24, 2.45) is 5.41 Å². The lowest BCUT2D eigenvalue weighted by molar-refractivity contribution is -0.143. The first kappa shape index (κ1) is 14.2. The van der Waals surface area contributed by atoms with Gasteiger partial charge in [0.05, 0.1) is 23.0 Å². The third-order valence-electron chi connectivity index (χ3n) is 2.85. The maximum atomic E-state index is 11.8. The Bertz CT molecular complexity index is 665. The molecule has 2 rings (SSSR count). The van der Waals surface area contributed by atoms with E-state index >= 15 is 0 Å². The first-order chi connectivity index (χ1) is 9.27. The largest absolute Gasteiger partial charge is 0.426 e. The van der Waals surface area contributed by atoms with Gasteiger partial charge < -0.3 is 4.74 Å². The number of aromatic amines is 1. The predicted molar refractivity (Wildman–Crippen MR) is 75.6 cm³/mol. The number of H-pyrrole nitrogens is 1.